The van der Waals surface area contributed by atoms with Crippen LogP contribution in [0.25, 0.3) is 0 Å². The number of nitrogens with zero attached hydrogens (tertiary/aromatic N) is 1. The first-order valence-corrected chi connectivity index (χ1v) is 9.89. The van der Waals surface area contributed by atoms with Gasteiger partial charge in [-0.1, -0.05) is 0 Å². The Kier molecular flexibility index (Phi) is 4.78. The molecule has 3 rings (SSSR count). The van der Waals surface area contributed by atoms with E-state index in [-0.39, 0.29) is 29.2 Å². The number of hydrogen-bond donors (Lipinski definition) is 1. The Morgan fingerprint density at radius 3 is 2.58 bits per heavy atom. The maximum Gasteiger partial charge on any atom is 0.254 e. The SMILES string of the molecule is COc1ccc(C(=O)N2CC[NH+]([C@@H]3CCS(=O)(=O)C3)CC2)cc1F. The van der Waals surface area contributed by atoms with Gasteiger partial charge in [0.15, 0.2) is 21.4 Å². The molecule has 1 N–H and O–H groups in total. The van der Waals surface area contributed by atoms with Crippen LogP contribution in [0.1, 0.15) is 16.8 Å². The fourth-order valence-corrected chi connectivity index (χ4v) is 5.33. The van der Waals surface area contributed by atoms with Crippen molar-refractivity contribution >= 4 is 15.7 Å². The second-order valence-corrected chi connectivity index (χ2v) is 8.63. The molecule has 2 heterocycles. The minimum absolute atomic E-state index is 0.114. The molecule has 0 bridgehead atoms. The van der Waals surface area contributed by atoms with E-state index in [0.29, 0.717) is 25.1 Å². The lowest BCUT2D eigenvalue weighted by Gasteiger charge is -2.35. The normalized spacial score (nSPS) is 24.1. The van der Waals surface area contributed by atoms with Gasteiger partial charge in [0.2, 0.25) is 0 Å². The Balaban J connectivity index is 1.60. The van der Waals surface area contributed by atoms with Crippen molar-refractivity contribution in [3.05, 3.63) is 29.6 Å². The molecular formula is C16H22FN2O4S+. The first-order chi connectivity index (χ1) is 11.4. The van der Waals surface area contributed by atoms with Crippen molar-refractivity contribution in [3.63, 3.8) is 0 Å². The largest absolute Gasteiger partial charge is 0.494 e. The standard InChI is InChI=1S/C16H21FN2O4S/c1-23-15-3-2-12(10-14(15)17)16(20)19-7-5-18(6-8-19)13-4-9-24(21,22)11-13/h2-3,10,13H,4-9,11H2,1H3/p+1/t13-/m1/s1. The quantitative estimate of drug-likeness (QED) is 0.782. The highest BCUT2D eigenvalue weighted by Crippen LogP contribution is 2.19. The van der Waals surface area contributed by atoms with Gasteiger partial charge < -0.3 is 14.5 Å². The summed E-state index contributed by atoms with van der Waals surface area (Å²) in [6.07, 6.45) is 0.704. The van der Waals surface area contributed by atoms with Crippen LogP contribution in [0, 0.1) is 5.82 Å². The van der Waals surface area contributed by atoms with Gasteiger partial charge >= 0.3 is 0 Å². The maximum absolute atomic E-state index is 13.8. The fraction of sp³-hybridized carbons (Fsp3) is 0.562. The molecule has 1 atom stereocenters. The third-order valence-corrected chi connectivity index (χ3v) is 6.67. The Morgan fingerprint density at radius 2 is 2.04 bits per heavy atom. The molecule has 2 saturated heterocycles. The molecule has 8 heteroatoms. The lowest BCUT2D eigenvalue weighted by atomic mass is 10.1. The predicted molar refractivity (Wildman–Crippen MR) is 86.6 cm³/mol. The van der Waals surface area contributed by atoms with E-state index in [1.54, 1.807) is 11.0 Å². The number of sulfone groups is 1. The Hall–Kier alpha value is -1.67. The monoisotopic (exact) mass is 357 g/mol. The smallest absolute Gasteiger partial charge is 0.254 e. The zero-order valence-corrected chi connectivity index (χ0v) is 14.4. The highest BCUT2D eigenvalue weighted by molar-refractivity contribution is 7.91. The third-order valence-electron chi connectivity index (χ3n) is 4.90. The molecule has 0 radical (unpaired) electrons. The molecule has 0 spiro atoms. The molecule has 0 unspecified atom stereocenters. The number of carbonyl (C=O) groups excluding carboxylic acids is 1. The van der Waals surface area contributed by atoms with Crippen LogP contribution < -0.4 is 9.64 Å². The minimum Gasteiger partial charge on any atom is -0.494 e. The van der Waals surface area contributed by atoms with Crippen LogP contribution >= 0.6 is 0 Å². The van der Waals surface area contributed by atoms with Gasteiger partial charge in [0.1, 0.15) is 11.8 Å². The molecule has 0 aromatic heterocycles. The van der Waals surface area contributed by atoms with E-state index in [0.717, 1.165) is 13.1 Å². The zero-order chi connectivity index (χ0) is 17.3. The van der Waals surface area contributed by atoms with Crippen LogP contribution in [-0.4, -0.2) is 70.1 Å². The van der Waals surface area contributed by atoms with Gasteiger partial charge in [-0.05, 0) is 18.2 Å². The number of methoxy groups -OCH3 is 1. The molecule has 1 aromatic carbocycles. The fourth-order valence-electron chi connectivity index (χ4n) is 3.50. The van der Waals surface area contributed by atoms with Crippen LogP contribution in [0.4, 0.5) is 4.39 Å². The van der Waals surface area contributed by atoms with E-state index in [2.05, 4.69) is 0 Å². The topological polar surface area (TPSA) is 68.1 Å². The van der Waals surface area contributed by atoms with Crippen LogP contribution in [0.15, 0.2) is 18.2 Å². The van der Waals surface area contributed by atoms with E-state index in [9.17, 15) is 17.6 Å². The summed E-state index contributed by atoms with van der Waals surface area (Å²) in [6, 6.07) is 4.36. The van der Waals surface area contributed by atoms with Crippen molar-refractivity contribution in [1.82, 2.24) is 4.90 Å². The number of halogens is 1. The summed E-state index contributed by atoms with van der Waals surface area (Å²) in [4.78, 5) is 15.4. The average molecular weight is 357 g/mol. The van der Waals surface area contributed by atoms with Crippen molar-refractivity contribution < 1.29 is 27.2 Å². The molecule has 2 fully saturated rings. The highest BCUT2D eigenvalue weighted by Gasteiger charge is 2.37. The van der Waals surface area contributed by atoms with E-state index in [1.807, 2.05) is 0 Å². The molecule has 0 saturated carbocycles. The summed E-state index contributed by atoms with van der Waals surface area (Å²) in [6.45, 7) is 2.56. The van der Waals surface area contributed by atoms with Crippen LogP contribution in [0.3, 0.4) is 0 Å². The molecule has 2 aliphatic rings. The van der Waals surface area contributed by atoms with E-state index in [1.165, 1.54) is 24.1 Å². The lowest BCUT2D eigenvalue weighted by Crippen LogP contribution is -3.18. The van der Waals surface area contributed by atoms with Crippen molar-refractivity contribution in [2.24, 2.45) is 0 Å². The summed E-state index contributed by atoms with van der Waals surface area (Å²) < 4.78 is 41.8. The summed E-state index contributed by atoms with van der Waals surface area (Å²) in [5.74, 6) is -0.115. The number of carbonyl (C=O) groups is 1. The number of rotatable bonds is 3. The number of quaternary nitrogens is 1. The number of benzene rings is 1. The van der Waals surface area contributed by atoms with Gasteiger partial charge in [-0.3, -0.25) is 4.79 Å². The molecule has 132 valence electrons. The first kappa shape index (κ1) is 17.2. The highest BCUT2D eigenvalue weighted by atomic mass is 32.2. The molecular weight excluding hydrogens is 335 g/mol. The van der Waals surface area contributed by atoms with Gasteiger partial charge in [0.25, 0.3) is 5.91 Å². The van der Waals surface area contributed by atoms with Gasteiger partial charge in [0, 0.05) is 12.0 Å². The molecule has 1 aromatic rings. The Labute approximate surface area is 141 Å². The zero-order valence-electron chi connectivity index (χ0n) is 13.6. The lowest BCUT2D eigenvalue weighted by molar-refractivity contribution is -0.925. The molecule has 0 aliphatic carbocycles. The summed E-state index contributed by atoms with van der Waals surface area (Å²) in [5.41, 5.74) is 0.306. The molecule has 2 aliphatic heterocycles. The van der Waals surface area contributed by atoms with Crippen LogP contribution in [-0.2, 0) is 9.84 Å². The van der Waals surface area contributed by atoms with Crippen molar-refractivity contribution in [1.29, 1.82) is 0 Å². The average Bonchev–Trinajstić information content (AvgIpc) is 2.94. The first-order valence-electron chi connectivity index (χ1n) is 8.07. The van der Waals surface area contributed by atoms with Gasteiger partial charge in [-0.15, -0.1) is 0 Å². The second kappa shape index (κ2) is 6.68. The van der Waals surface area contributed by atoms with E-state index >= 15 is 0 Å². The predicted octanol–water partition coefficient (Wildman–Crippen LogP) is -0.638. The summed E-state index contributed by atoms with van der Waals surface area (Å²) in [5, 5.41) is 0. The van der Waals surface area contributed by atoms with Gasteiger partial charge in [-0.2, -0.15) is 0 Å². The van der Waals surface area contributed by atoms with Crippen molar-refractivity contribution in [2.75, 3.05) is 44.8 Å². The van der Waals surface area contributed by atoms with Crippen molar-refractivity contribution in [2.45, 2.75) is 12.5 Å². The van der Waals surface area contributed by atoms with Crippen LogP contribution in [0.5, 0.6) is 5.75 Å². The minimum atomic E-state index is -2.88. The van der Waals surface area contributed by atoms with E-state index in [4.69, 9.17) is 4.74 Å². The maximum atomic E-state index is 13.8. The molecule has 6 nitrogen and oxygen atoms in total. The molecule has 24 heavy (non-hydrogen) atoms. The van der Waals surface area contributed by atoms with Gasteiger partial charge in [-0.25, -0.2) is 12.8 Å². The summed E-state index contributed by atoms with van der Waals surface area (Å²) in [7, 11) is -1.50. The summed E-state index contributed by atoms with van der Waals surface area (Å²) >= 11 is 0. The van der Waals surface area contributed by atoms with E-state index < -0.39 is 15.7 Å². The number of ether oxygens (including phenoxy) is 1. The second-order valence-electron chi connectivity index (χ2n) is 6.40. The molecule has 1 amide bonds. The number of amides is 1. The Morgan fingerprint density at radius 1 is 1.33 bits per heavy atom. The Bertz CT molecular complexity index is 730. The van der Waals surface area contributed by atoms with Crippen molar-refractivity contribution in [3.8, 4) is 5.75 Å². The number of nitrogens with one attached hydrogen (secondary N) is 1. The van der Waals surface area contributed by atoms with Crippen LogP contribution in [0.2, 0.25) is 0 Å². The number of hydrogen-bond acceptors (Lipinski definition) is 4. The third kappa shape index (κ3) is 3.54. The van der Waals surface area contributed by atoms with Gasteiger partial charge in [0.05, 0.1) is 39.0 Å². The number of piperazine rings is 1.